The molecule has 3 aromatic rings. The zero-order valence-corrected chi connectivity index (χ0v) is 58.3. The molecule has 3 aliphatic heterocycles. The molecule has 0 radical (unpaired) electrons. The second kappa shape index (κ2) is 41.4. The normalized spacial score (nSPS) is 23.7. The number of hydrogen-bond donors (Lipinski definition) is 10. The third-order valence-corrected chi connectivity index (χ3v) is 18.2. The average molecular weight is 1410 g/mol. The van der Waals surface area contributed by atoms with Crippen molar-refractivity contribution in [3.63, 3.8) is 0 Å². The van der Waals surface area contributed by atoms with Crippen LogP contribution in [0, 0.1) is 29.6 Å². The molecule has 2 aromatic carbocycles. The SMILES string of the molecule is CC(C)C(=O)[C@H](C)NC(=O)[C@@H](NC(=O)[C@@H](CCCCNC(=O)COC1CCCCCc2c1nnn2[C@H]1O[C@H](CO)[C@@H](O[C@H]2O[C@H](CO)[C@@H](C)[C@H](O)[C@H]2O)[C@H](O)[C@H]1O)NC(=O)CCOCCOCCOCCOCCCC(=O)CCC(=O)N1Cc2ccccc2C#Cc2ccccc21)C(C)C. The van der Waals surface area contributed by atoms with E-state index in [1.165, 1.54) is 4.68 Å². The summed E-state index contributed by atoms with van der Waals surface area (Å²) < 4.78 is 47.6. The van der Waals surface area contributed by atoms with Gasteiger partial charge in [-0.3, -0.25) is 33.6 Å². The van der Waals surface area contributed by atoms with Crippen LogP contribution in [0.5, 0.6) is 0 Å². The van der Waals surface area contributed by atoms with Crippen LogP contribution in [0.25, 0.3) is 0 Å². The first-order valence-electron chi connectivity index (χ1n) is 35.1. The fourth-order valence-corrected chi connectivity index (χ4v) is 12.2. The minimum Gasteiger partial charge on any atom is -0.394 e. The zero-order chi connectivity index (χ0) is 72.3. The van der Waals surface area contributed by atoms with Crippen LogP contribution < -0.4 is 26.2 Å². The highest BCUT2D eigenvalue weighted by molar-refractivity contribution is 5.97. The number of carbonyl (C=O) groups excluding carboxylic acids is 7. The second-order valence-electron chi connectivity index (χ2n) is 26.4. The third kappa shape index (κ3) is 23.7. The van der Waals surface area contributed by atoms with Crippen molar-refractivity contribution in [2.45, 2.75) is 211 Å². The van der Waals surface area contributed by atoms with Gasteiger partial charge in [0, 0.05) is 61.8 Å². The molecular weight excluding hydrogens is 1300 g/mol. The lowest BCUT2D eigenvalue weighted by Gasteiger charge is -2.46. The molecule has 1 aromatic heterocycles. The fraction of sp³-hybridized carbons (Fsp3) is 0.676. The van der Waals surface area contributed by atoms with Crippen LogP contribution >= 0.6 is 0 Å². The van der Waals surface area contributed by atoms with E-state index in [1.807, 2.05) is 48.5 Å². The fourth-order valence-electron chi connectivity index (χ4n) is 12.2. The molecule has 4 aliphatic rings. The predicted molar refractivity (Wildman–Crippen MR) is 360 cm³/mol. The Balaban J connectivity index is 0.791. The van der Waals surface area contributed by atoms with Crippen LogP contribution in [-0.4, -0.2) is 233 Å². The summed E-state index contributed by atoms with van der Waals surface area (Å²) in [7, 11) is 0. The first-order valence-corrected chi connectivity index (χ1v) is 35.1. The number of unbranched alkanes of at least 4 members (excludes halogenated alkanes) is 1. The molecule has 0 bridgehead atoms. The standard InChI is InChI=1S/C71H104N8O21/c1-43(2)60(69(92)73-46(6)62(86)44(3)4)75-68(91)51(74-57(83)29-32-94-34-36-96-38-37-95-35-33-93-31-16-20-50(82)27-28-59(85)78-39-49-19-11-10-17-47(49)25-26-48-18-12-13-22-52(48)78)21-14-15-30-72-58(84)42-97-54-24-9-7-8-23-53-61(54)76-77-79(53)70-65(89)64(88)67(56(41-81)98-70)100-71-66(90)63(87)45(5)55(40-80)99-71/h10-13,17-19,22,43-46,51,54-56,60,63-67,70-71,80-81,87-90H,7-9,14-16,20-21,23-24,27-42H2,1-6H3,(H,72,84)(H,73,92)(H,74,83)(H,75,91)/t45-,46+,51-,54?,55-,56-,60+,63+,64-,65-,66-,67-,70+,71-/m1/s1. The largest absolute Gasteiger partial charge is 0.394 e. The number of carbonyl (C=O) groups is 7. The lowest BCUT2D eigenvalue weighted by Crippen LogP contribution is -2.62. The molecule has 2 saturated heterocycles. The summed E-state index contributed by atoms with van der Waals surface area (Å²) in [4.78, 5) is 94.7. The van der Waals surface area contributed by atoms with E-state index in [1.54, 1.807) is 46.4 Å². The van der Waals surface area contributed by atoms with Crippen LogP contribution in [0.3, 0.4) is 0 Å². The van der Waals surface area contributed by atoms with Crippen molar-refractivity contribution in [2.75, 3.05) is 84.1 Å². The van der Waals surface area contributed by atoms with Gasteiger partial charge < -0.3 is 94.7 Å². The number of hydrogen-bond acceptors (Lipinski definition) is 23. The number of amides is 5. The van der Waals surface area contributed by atoms with Crippen molar-refractivity contribution in [1.29, 1.82) is 0 Å². The van der Waals surface area contributed by atoms with Crippen LogP contribution in [0.4, 0.5) is 5.69 Å². The summed E-state index contributed by atoms with van der Waals surface area (Å²) in [5.74, 6) is 2.60. The Kier molecular flexibility index (Phi) is 33.4. The number of anilines is 1. The van der Waals surface area contributed by atoms with Gasteiger partial charge in [0.1, 0.15) is 66.8 Å². The Bertz CT molecular complexity index is 3170. The lowest BCUT2D eigenvalue weighted by molar-refractivity contribution is -0.341. The molecule has 0 saturated carbocycles. The van der Waals surface area contributed by atoms with Gasteiger partial charge >= 0.3 is 0 Å². The van der Waals surface area contributed by atoms with E-state index in [4.69, 9.17) is 37.9 Å². The number of Topliss-reactive ketones (excluding diaryl/α,β-unsaturated/α-hetero) is 2. The number of fused-ring (bicyclic) bond motifs is 3. The van der Waals surface area contributed by atoms with Crippen molar-refractivity contribution in [2.24, 2.45) is 17.8 Å². The Morgan fingerprint density at radius 1 is 0.670 bits per heavy atom. The van der Waals surface area contributed by atoms with Gasteiger partial charge in [-0.15, -0.1) is 5.10 Å². The van der Waals surface area contributed by atoms with Crippen LogP contribution in [0.15, 0.2) is 48.5 Å². The highest BCUT2D eigenvalue weighted by Gasteiger charge is 2.51. The number of nitrogens with zero attached hydrogens (tertiary/aromatic N) is 4. The van der Waals surface area contributed by atoms with Gasteiger partial charge in [0.15, 0.2) is 18.3 Å². The molecule has 1 aliphatic carbocycles. The molecule has 4 heterocycles. The molecule has 100 heavy (non-hydrogen) atoms. The molecule has 7 rings (SSSR count). The zero-order valence-electron chi connectivity index (χ0n) is 58.3. The van der Waals surface area contributed by atoms with Gasteiger partial charge in [0.05, 0.1) is 95.6 Å². The Hall–Kier alpha value is -6.73. The van der Waals surface area contributed by atoms with E-state index in [9.17, 15) is 64.2 Å². The van der Waals surface area contributed by atoms with Crippen molar-refractivity contribution in [3.8, 4) is 11.8 Å². The Morgan fingerprint density at radius 2 is 1.34 bits per heavy atom. The van der Waals surface area contributed by atoms with Crippen LogP contribution in [0.1, 0.15) is 159 Å². The molecule has 554 valence electrons. The van der Waals surface area contributed by atoms with E-state index in [0.717, 1.165) is 35.2 Å². The summed E-state index contributed by atoms with van der Waals surface area (Å²) in [6.07, 6.45) is -8.71. The Morgan fingerprint density at radius 3 is 2.04 bits per heavy atom. The van der Waals surface area contributed by atoms with Gasteiger partial charge in [0.2, 0.25) is 29.5 Å². The summed E-state index contributed by atoms with van der Waals surface area (Å²) in [5, 5.41) is 84.2. The van der Waals surface area contributed by atoms with Crippen molar-refractivity contribution in [1.82, 2.24) is 36.3 Å². The molecule has 2 fully saturated rings. The van der Waals surface area contributed by atoms with Crippen LogP contribution in [0.2, 0.25) is 0 Å². The molecule has 10 N–H and O–H groups in total. The first-order chi connectivity index (χ1) is 48.1. The maximum atomic E-state index is 14.0. The average Bonchev–Trinajstić information content (AvgIpc) is 1.43. The van der Waals surface area contributed by atoms with Gasteiger partial charge in [-0.2, -0.15) is 0 Å². The summed E-state index contributed by atoms with van der Waals surface area (Å²) in [5.41, 5.74) is 4.22. The number of rotatable bonds is 40. The Labute approximate surface area is 584 Å². The maximum absolute atomic E-state index is 14.0. The molecule has 0 spiro atoms. The van der Waals surface area contributed by atoms with Gasteiger partial charge in [-0.05, 0) is 81.5 Å². The van der Waals surface area contributed by atoms with Gasteiger partial charge in [-0.25, -0.2) is 4.68 Å². The van der Waals surface area contributed by atoms with E-state index in [0.29, 0.717) is 89.3 Å². The molecule has 14 atom stereocenters. The number of para-hydroxylation sites is 1. The lowest BCUT2D eigenvalue weighted by atomic mass is 9.90. The van der Waals surface area contributed by atoms with Gasteiger partial charge in [-0.1, -0.05) is 94.8 Å². The minimum atomic E-state index is -1.72. The molecular formula is C71H104N8O21. The third-order valence-electron chi connectivity index (χ3n) is 18.2. The minimum absolute atomic E-state index is 0.0134. The summed E-state index contributed by atoms with van der Waals surface area (Å²) >= 11 is 0. The maximum Gasteiger partial charge on any atom is 0.246 e. The molecule has 5 amide bonds. The van der Waals surface area contributed by atoms with Crippen molar-refractivity contribution < 1.29 is 102 Å². The van der Waals surface area contributed by atoms with E-state index >= 15 is 0 Å². The molecule has 29 heteroatoms. The highest BCUT2D eigenvalue weighted by Crippen LogP contribution is 2.37. The number of benzene rings is 2. The monoisotopic (exact) mass is 1400 g/mol. The summed E-state index contributed by atoms with van der Waals surface area (Å²) in [6, 6.07) is 12.3. The number of ether oxygens (including phenoxy) is 8. The first kappa shape index (κ1) is 80.6. The van der Waals surface area contributed by atoms with E-state index in [2.05, 4.69) is 43.4 Å². The number of ketones is 2. The second-order valence-corrected chi connectivity index (χ2v) is 26.4. The van der Waals surface area contributed by atoms with Crippen molar-refractivity contribution in [3.05, 3.63) is 76.6 Å². The van der Waals surface area contributed by atoms with Gasteiger partial charge in [0.25, 0.3) is 0 Å². The predicted octanol–water partition coefficient (Wildman–Crippen LogP) is 1.70. The highest BCUT2D eigenvalue weighted by atomic mass is 16.7. The smallest absolute Gasteiger partial charge is 0.246 e. The number of aliphatic hydroxyl groups excluding tert-OH is 6. The van der Waals surface area contributed by atoms with Crippen LogP contribution in [-0.2, 0) is 84.4 Å². The summed E-state index contributed by atoms with van der Waals surface area (Å²) in [6.45, 7) is 11.1. The molecule has 1 unspecified atom stereocenters. The quantitative estimate of drug-likeness (QED) is 0.0286. The topological polar surface area (TPSA) is 397 Å². The number of nitrogens with one attached hydrogen (secondary N) is 4. The van der Waals surface area contributed by atoms with E-state index in [-0.39, 0.29) is 88.7 Å². The van der Waals surface area contributed by atoms with Crippen molar-refractivity contribution >= 4 is 46.8 Å². The molecule has 29 nitrogen and oxygen atoms in total. The number of aliphatic hydroxyl groups is 6. The number of aromatic nitrogens is 3. The van der Waals surface area contributed by atoms with E-state index < -0.39 is 128 Å².